The van der Waals surface area contributed by atoms with E-state index in [0.717, 1.165) is 24.0 Å². The van der Waals surface area contributed by atoms with E-state index in [1.165, 1.54) is 0 Å². The van der Waals surface area contributed by atoms with Crippen molar-refractivity contribution in [2.24, 2.45) is 0 Å². The number of sulfonamides is 1. The first kappa shape index (κ1) is 20.9. The average molecular weight is 362 g/mol. The highest BCUT2D eigenvalue weighted by Crippen LogP contribution is 2.10. The van der Waals surface area contributed by atoms with Crippen molar-refractivity contribution in [3.63, 3.8) is 0 Å². The van der Waals surface area contributed by atoms with Crippen molar-refractivity contribution in [1.82, 2.24) is 4.72 Å². The van der Waals surface area contributed by atoms with Gasteiger partial charge in [0.2, 0.25) is 10.0 Å². The van der Waals surface area contributed by atoms with Crippen molar-refractivity contribution < 1.29 is 13.2 Å². The normalized spacial score (nSPS) is 13.2. The van der Waals surface area contributed by atoms with E-state index in [2.05, 4.69) is 11.3 Å². The molecule has 0 saturated heterocycles. The van der Waals surface area contributed by atoms with Crippen molar-refractivity contribution in [2.45, 2.75) is 31.6 Å². The summed E-state index contributed by atoms with van der Waals surface area (Å²) >= 11 is 0. The van der Waals surface area contributed by atoms with E-state index >= 15 is 0 Å². The zero-order chi connectivity index (χ0) is 18.7. The standard InChI is InChI=1S/C20H27NO3S/c1-5-19(24-4)13-10-17(2)9-7-6-8-16-21-25(22,23)20-14-11-18(3)12-15-20/h5,7,9-15,21H,1,6,8,16H2,2-4H3/b9-7+,17-10+,19-13+. The van der Waals surface area contributed by atoms with E-state index in [1.807, 2.05) is 38.2 Å². The Bertz CT molecular complexity index is 742. The van der Waals surface area contributed by atoms with Crippen LogP contribution in [0.2, 0.25) is 0 Å². The fourth-order valence-corrected chi connectivity index (χ4v) is 3.06. The van der Waals surface area contributed by atoms with Crippen molar-refractivity contribution >= 4 is 10.0 Å². The van der Waals surface area contributed by atoms with Gasteiger partial charge in [0.05, 0.1) is 12.0 Å². The van der Waals surface area contributed by atoms with Gasteiger partial charge in [-0.3, -0.25) is 0 Å². The maximum absolute atomic E-state index is 12.1. The Labute approximate surface area is 151 Å². The zero-order valence-corrected chi connectivity index (χ0v) is 16.0. The van der Waals surface area contributed by atoms with Crippen LogP contribution in [0, 0.1) is 6.92 Å². The van der Waals surface area contributed by atoms with Crippen LogP contribution < -0.4 is 4.72 Å². The smallest absolute Gasteiger partial charge is 0.240 e. The molecule has 25 heavy (non-hydrogen) atoms. The summed E-state index contributed by atoms with van der Waals surface area (Å²) < 4.78 is 32.0. The monoisotopic (exact) mass is 361 g/mol. The molecule has 136 valence electrons. The number of ether oxygens (including phenoxy) is 1. The highest BCUT2D eigenvalue weighted by atomic mass is 32.2. The molecule has 0 spiro atoms. The second-order valence-electron chi connectivity index (χ2n) is 5.64. The van der Waals surface area contributed by atoms with Gasteiger partial charge in [-0.25, -0.2) is 13.1 Å². The fourth-order valence-electron chi connectivity index (χ4n) is 1.98. The number of methoxy groups -OCH3 is 1. The third kappa shape index (κ3) is 8.01. The maximum Gasteiger partial charge on any atom is 0.240 e. The molecule has 0 amide bonds. The van der Waals surface area contributed by atoms with Gasteiger partial charge in [0.15, 0.2) is 0 Å². The number of hydrogen-bond donors (Lipinski definition) is 1. The molecule has 4 nitrogen and oxygen atoms in total. The molecule has 5 heteroatoms. The molecule has 0 aromatic heterocycles. The van der Waals surface area contributed by atoms with E-state index in [9.17, 15) is 8.42 Å². The number of aryl methyl sites for hydroxylation is 1. The number of nitrogens with one attached hydrogen (secondary N) is 1. The van der Waals surface area contributed by atoms with E-state index in [0.29, 0.717) is 17.2 Å². The quantitative estimate of drug-likeness (QED) is 0.385. The number of allylic oxidation sites excluding steroid dienone is 6. The molecule has 0 aliphatic heterocycles. The van der Waals surface area contributed by atoms with Crippen LogP contribution in [0.15, 0.2) is 77.5 Å². The first-order valence-corrected chi connectivity index (χ1v) is 9.65. The Morgan fingerprint density at radius 1 is 1.24 bits per heavy atom. The fraction of sp³-hybridized carbons (Fsp3) is 0.300. The Balaban J connectivity index is 2.40. The zero-order valence-electron chi connectivity index (χ0n) is 15.2. The molecule has 0 aliphatic rings. The summed E-state index contributed by atoms with van der Waals surface area (Å²) in [6.45, 7) is 7.98. The predicted octanol–water partition coefficient (Wildman–Crippen LogP) is 4.27. The average Bonchev–Trinajstić information content (AvgIpc) is 2.59. The van der Waals surface area contributed by atoms with Crippen molar-refractivity contribution in [1.29, 1.82) is 0 Å². The van der Waals surface area contributed by atoms with E-state index in [4.69, 9.17) is 4.74 Å². The number of unbranched alkanes of at least 4 members (excludes halogenated alkanes) is 1. The molecule has 0 bridgehead atoms. The molecular formula is C20H27NO3S. The molecule has 0 radical (unpaired) electrons. The minimum Gasteiger partial charge on any atom is -0.497 e. The lowest BCUT2D eigenvalue weighted by atomic mass is 10.2. The largest absolute Gasteiger partial charge is 0.497 e. The molecule has 0 aliphatic carbocycles. The molecule has 1 N–H and O–H groups in total. The summed E-state index contributed by atoms with van der Waals surface area (Å²) in [7, 11) is -1.82. The molecule has 1 aromatic carbocycles. The Hall–Kier alpha value is -2.11. The van der Waals surface area contributed by atoms with Crippen LogP contribution in [0.25, 0.3) is 0 Å². The predicted molar refractivity (Wildman–Crippen MR) is 104 cm³/mol. The van der Waals surface area contributed by atoms with Gasteiger partial charge < -0.3 is 4.74 Å². The Morgan fingerprint density at radius 3 is 2.52 bits per heavy atom. The molecule has 1 aromatic rings. The van der Waals surface area contributed by atoms with E-state index in [1.54, 1.807) is 37.5 Å². The summed E-state index contributed by atoms with van der Waals surface area (Å²) in [5.41, 5.74) is 2.12. The Kier molecular flexibility index (Phi) is 8.95. The third-order valence-corrected chi connectivity index (χ3v) is 4.98. The minimum absolute atomic E-state index is 0.301. The Morgan fingerprint density at radius 2 is 1.92 bits per heavy atom. The molecule has 0 fully saturated rings. The molecule has 0 heterocycles. The highest BCUT2D eigenvalue weighted by Gasteiger charge is 2.11. The number of benzene rings is 1. The molecular weight excluding hydrogens is 334 g/mol. The third-order valence-electron chi connectivity index (χ3n) is 3.50. The number of rotatable bonds is 10. The van der Waals surface area contributed by atoms with Crippen molar-refractivity contribution in [2.75, 3.05) is 13.7 Å². The van der Waals surface area contributed by atoms with Gasteiger partial charge in [0.25, 0.3) is 0 Å². The van der Waals surface area contributed by atoms with E-state index in [-0.39, 0.29) is 0 Å². The lowest BCUT2D eigenvalue weighted by Crippen LogP contribution is -2.24. The summed E-state index contributed by atoms with van der Waals surface area (Å²) in [4.78, 5) is 0.301. The number of hydrogen-bond acceptors (Lipinski definition) is 3. The van der Waals surface area contributed by atoms with Gasteiger partial charge in [0, 0.05) is 6.54 Å². The van der Waals surface area contributed by atoms with E-state index < -0.39 is 10.0 Å². The minimum atomic E-state index is -3.42. The van der Waals surface area contributed by atoms with Gasteiger partial charge >= 0.3 is 0 Å². The lowest BCUT2D eigenvalue weighted by Gasteiger charge is -2.06. The molecule has 0 atom stereocenters. The van der Waals surface area contributed by atoms with Crippen LogP contribution >= 0.6 is 0 Å². The van der Waals surface area contributed by atoms with Gasteiger partial charge in [0.1, 0.15) is 5.76 Å². The molecule has 1 rings (SSSR count). The maximum atomic E-state index is 12.1. The van der Waals surface area contributed by atoms with Crippen LogP contribution in [-0.2, 0) is 14.8 Å². The van der Waals surface area contributed by atoms with Crippen molar-refractivity contribution in [3.8, 4) is 0 Å². The van der Waals surface area contributed by atoms with Crippen LogP contribution in [0.3, 0.4) is 0 Å². The van der Waals surface area contributed by atoms with Gasteiger partial charge in [-0.15, -0.1) is 0 Å². The molecule has 0 saturated carbocycles. The summed E-state index contributed by atoms with van der Waals surface area (Å²) in [5, 5.41) is 0. The first-order valence-electron chi connectivity index (χ1n) is 8.17. The summed E-state index contributed by atoms with van der Waals surface area (Å²) in [5.74, 6) is 0.707. The summed E-state index contributed by atoms with van der Waals surface area (Å²) in [6.07, 6.45) is 11.0. The second kappa shape index (κ2) is 10.7. The SMILES string of the molecule is C=C\C(=C/C=C(C)/C=C/CCCNS(=O)(=O)c1ccc(C)cc1)OC. The van der Waals surface area contributed by atoms with Crippen LogP contribution in [0.4, 0.5) is 0 Å². The second-order valence-corrected chi connectivity index (χ2v) is 7.41. The van der Waals surface area contributed by atoms with Crippen LogP contribution in [0.5, 0.6) is 0 Å². The topological polar surface area (TPSA) is 55.4 Å². The van der Waals surface area contributed by atoms with Crippen LogP contribution in [0.1, 0.15) is 25.3 Å². The highest BCUT2D eigenvalue weighted by molar-refractivity contribution is 7.89. The van der Waals surface area contributed by atoms with Gasteiger partial charge in [-0.2, -0.15) is 0 Å². The summed E-state index contributed by atoms with van der Waals surface area (Å²) in [6, 6.07) is 6.83. The first-order chi connectivity index (χ1) is 11.9. The van der Waals surface area contributed by atoms with Gasteiger partial charge in [-0.1, -0.05) is 48.1 Å². The molecule has 0 unspecified atom stereocenters. The van der Waals surface area contributed by atoms with Crippen LogP contribution in [-0.4, -0.2) is 22.1 Å². The van der Waals surface area contributed by atoms with Gasteiger partial charge in [-0.05, 0) is 51.0 Å². The lowest BCUT2D eigenvalue weighted by molar-refractivity contribution is 0.307. The van der Waals surface area contributed by atoms with Crippen molar-refractivity contribution in [3.05, 3.63) is 78.1 Å².